The van der Waals surface area contributed by atoms with Crippen molar-refractivity contribution < 1.29 is 0 Å². The van der Waals surface area contributed by atoms with Crippen molar-refractivity contribution in [2.45, 2.75) is 0 Å². The van der Waals surface area contributed by atoms with E-state index in [-0.39, 0.29) is 18.9 Å². The molecule has 0 unspecified atom stereocenters. The van der Waals surface area contributed by atoms with Crippen LogP contribution in [0.5, 0.6) is 0 Å². The van der Waals surface area contributed by atoms with Gasteiger partial charge in [0, 0.05) is 19.8 Å². The summed E-state index contributed by atoms with van der Waals surface area (Å²) in [4.78, 5) is 2.08. The predicted octanol–water partition coefficient (Wildman–Crippen LogP) is 1.10. The molecule has 50 valence electrons. The van der Waals surface area contributed by atoms with Crippen LogP contribution in [0.15, 0.2) is 30.3 Å². The number of benzene rings is 1. The van der Waals surface area contributed by atoms with Gasteiger partial charge in [0.15, 0.2) is 0 Å². The van der Waals surface area contributed by atoms with E-state index in [1.165, 1.54) is 5.69 Å². The first-order valence-electron chi connectivity index (χ1n) is 3.03. The number of para-hydroxylation sites is 1. The van der Waals surface area contributed by atoms with E-state index in [9.17, 15) is 0 Å². The first-order valence-corrected chi connectivity index (χ1v) is 3.03. The fourth-order valence-electron chi connectivity index (χ4n) is 0.726. The number of hydrogen-bond donors (Lipinski definition) is 0. The van der Waals surface area contributed by atoms with Gasteiger partial charge in [-0.15, -0.1) is 0 Å². The Kier molecular flexibility index (Phi) is 4.27. The summed E-state index contributed by atoms with van der Waals surface area (Å²) < 4.78 is 0. The van der Waals surface area contributed by atoms with Gasteiger partial charge in [-0.05, 0) is 12.1 Å². The quantitative estimate of drug-likeness (QED) is 0.513. The third-order valence-electron chi connectivity index (χ3n) is 1.27. The predicted molar refractivity (Wildman–Crippen MR) is 47.9 cm³/mol. The van der Waals surface area contributed by atoms with Crippen LogP contribution >= 0.6 is 0 Å². The number of rotatable bonds is 1. The van der Waals surface area contributed by atoms with Crippen LogP contribution in [-0.4, -0.2) is 33.0 Å². The van der Waals surface area contributed by atoms with Crippen molar-refractivity contribution in [3.8, 4) is 0 Å². The number of nitrogens with zero attached hydrogens (tertiary/aromatic N) is 1. The maximum absolute atomic E-state index is 2.08. The van der Waals surface area contributed by atoms with E-state index in [1.807, 2.05) is 32.3 Å². The van der Waals surface area contributed by atoms with Crippen LogP contribution in [0.3, 0.4) is 0 Å². The Morgan fingerprint density at radius 3 is 1.80 bits per heavy atom. The van der Waals surface area contributed by atoms with Crippen molar-refractivity contribution in [1.29, 1.82) is 0 Å². The molecule has 1 aromatic rings. The van der Waals surface area contributed by atoms with Crippen LogP contribution in [0.1, 0.15) is 0 Å². The molecule has 2 heteroatoms. The van der Waals surface area contributed by atoms with Gasteiger partial charge in [-0.3, -0.25) is 0 Å². The second-order valence-corrected chi connectivity index (χ2v) is 2.23. The molecule has 0 radical (unpaired) electrons. The second-order valence-electron chi connectivity index (χ2n) is 2.23. The third-order valence-corrected chi connectivity index (χ3v) is 1.27. The molecule has 0 aromatic heterocycles. The molecule has 1 rings (SSSR count). The Bertz CT molecular complexity index is 172. The van der Waals surface area contributed by atoms with Gasteiger partial charge >= 0.3 is 18.9 Å². The van der Waals surface area contributed by atoms with Crippen LogP contribution in [0.4, 0.5) is 5.69 Å². The number of hydrogen-bond acceptors (Lipinski definition) is 1. The molecule has 0 saturated heterocycles. The van der Waals surface area contributed by atoms with Crippen molar-refractivity contribution in [2.24, 2.45) is 0 Å². The molecule has 0 heterocycles. The van der Waals surface area contributed by atoms with Crippen LogP contribution in [0.2, 0.25) is 0 Å². The minimum absolute atomic E-state index is 0. The van der Waals surface area contributed by atoms with Gasteiger partial charge in [0.05, 0.1) is 0 Å². The van der Waals surface area contributed by atoms with Gasteiger partial charge in [0.1, 0.15) is 0 Å². The molecule has 0 spiro atoms. The monoisotopic (exact) mass is 129 g/mol. The summed E-state index contributed by atoms with van der Waals surface area (Å²) in [6, 6.07) is 10.3. The molecule has 0 N–H and O–H groups in total. The summed E-state index contributed by atoms with van der Waals surface area (Å²) in [5.74, 6) is 0. The van der Waals surface area contributed by atoms with Crippen LogP contribution < -0.4 is 4.90 Å². The van der Waals surface area contributed by atoms with Gasteiger partial charge in [0.25, 0.3) is 0 Å². The van der Waals surface area contributed by atoms with E-state index in [0.717, 1.165) is 0 Å². The average Bonchev–Trinajstić information content (AvgIpc) is 1.90. The molecule has 1 nitrogen and oxygen atoms in total. The summed E-state index contributed by atoms with van der Waals surface area (Å²) >= 11 is 0. The van der Waals surface area contributed by atoms with E-state index in [0.29, 0.717) is 0 Å². The van der Waals surface area contributed by atoms with Gasteiger partial charge in [-0.25, -0.2) is 0 Å². The van der Waals surface area contributed by atoms with Crippen molar-refractivity contribution in [3.05, 3.63) is 30.3 Å². The summed E-state index contributed by atoms with van der Waals surface area (Å²) in [5.41, 5.74) is 1.25. The molecule has 0 amide bonds. The Morgan fingerprint density at radius 1 is 1.00 bits per heavy atom. The van der Waals surface area contributed by atoms with E-state index in [2.05, 4.69) is 17.0 Å². The average molecular weight is 129 g/mol. The van der Waals surface area contributed by atoms with Crippen molar-refractivity contribution >= 4 is 24.5 Å². The van der Waals surface area contributed by atoms with E-state index >= 15 is 0 Å². The SMILES string of the molecule is CN(C)c1ccccc1.[LiH]. The minimum atomic E-state index is 0. The normalized spacial score (nSPS) is 8.20. The summed E-state index contributed by atoms with van der Waals surface area (Å²) in [7, 11) is 4.07. The molecule has 0 saturated carbocycles. The number of anilines is 1. The fraction of sp³-hybridized carbons (Fsp3) is 0.250. The maximum atomic E-state index is 2.08. The molecule has 10 heavy (non-hydrogen) atoms. The topological polar surface area (TPSA) is 3.24 Å². The summed E-state index contributed by atoms with van der Waals surface area (Å²) in [5, 5.41) is 0. The second kappa shape index (κ2) is 4.44. The zero-order chi connectivity index (χ0) is 6.69. The molecule has 0 bridgehead atoms. The summed E-state index contributed by atoms with van der Waals surface area (Å²) in [6.45, 7) is 0. The molecular weight excluding hydrogens is 117 g/mol. The van der Waals surface area contributed by atoms with Gasteiger partial charge < -0.3 is 4.90 Å². The fourth-order valence-corrected chi connectivity index (χ4v) is 0.726. The Labute approximate surface area is 74.2 Å². The Morgan fingerprint density at radius 2 is 1.50 bits per heavy atom. The van der Waals surface area contributed by atoms with Gasteiger partial charge in [0.2, 0.25) is 0 Å². The van der Waals surface area contributed by atoms with Crippen LogP contribution in [-0.2, 0) is 0 Å². The van der Waals surface area contributed by atoms with Gasteiger partial charge in [-0.1, -0.05) is 18.2 Å². The van der Waals surface area contributed by atoms with Gasteiger partial charge in [-0.2, -0.15) is 0 Å². The molecule has 0 aliphatic heterocycles. The molecule has 0 atom stereocenters. The van der Waals surface area contributed by atoms with E-state index < -0.39 is 0 Å². The first-order chi connectivity index (χ1) is 4.30. The zero-order valence-corrected chi connectivity index (χ0v) is 5.83. The first kappa shape index (κ1) is 9.62. The van der Waals surface area contributed by atoms with Crippen molar-refractivity contribution in [3.63, 3.8) is 0 Å². The molecule has 0 fully saturated rings. The molecule has 0 aliphatic rings. The summed E-state index contributed by atoms with van der Waals surface area (Å²) in [6.07, 6.45) is 0. The van der Waals surface area contributed by atoms with Crippen LogP contribution in [0.25, 0.3) is 0 Å². The van der Waals surface area contributed by atoms with Crippen molar-refractivity contribution in [1.82, 2.24) is 0 Å². The van der Waals surface area contributed by atoms with Crippen molar-refractivity contribution in [2.75, 3.05) is 19.0 Å². The Balaban J connectivity index is 0.000000810. The molecule has 0 aliphatic carbocycles. The molecule has 1 aromatic carbocycles. The zero-order valence-electron chi connectivity index (χ0n) is 5.83. The van der Waals surface area contributed by atoms with E-state index in [1.54, 1.807) is 0 Å². The third kappa shape index (κ3) is 2.47. The Hall–Kier alpha value is -0.383. The standard InChI is InChI=1S/C8H11N.Li.H/c1-9(2)8-6-4-3-5-7-8;;/h3-7H,1-2H3;;. The van der Waals surface area contributed by atoms with E-state index in [4.69, 9.17) is 0 Å². The molecular formula is C8H12LiN. The van der Waals surface area contributed by atoms with Crippen LogP contribution in [0, 0.1) is 0 Å².